The van der Waals surface area contributed by atoms with Crippen molar-refractivity contribution in [1.82, 2.24) is 20.2 Å². The molecule has 1 atom stereocenters. The number of carbonyl (C=O) groups excluding carboxylic acids is 1. The van der Waals surface area contributed by atoms with Crippen LogP contribution in [0.5, 0.6) is 0 Å². The number of hydrogen-bond acceptors (Lipinski definition) is 3. The average Bonchev–Trinajstić information content (AvgIpc) is 3.40. The summed E-state index contributed by atoms with van der Waals surface area (Å²) in [6.45, 7) is 3.35. The van der Waals surface area contributed by atoms with Gasteiger partial charge in [-0.15, -0.1) is 0 Å². The highest BCUT2D eigenvalue weighted by atomic mass is 16.1. The number of pyridine rings is 1. The van der Waals surface area contributed by atoms with Crippen LogP contribution < -0.4 is 5.32 Å². The van der Waals surface area contributed by atoms with Gasteiger partial charge >= 0.3 is 0 Å². The van der Waals surface area contributed by atoms with Crippen molar-refractivity contribution in [2.75, 3.05) is 19.6 Å². The lowest BCUT2D eigenvalue weighted by atomic mass is 10.0. The molecule has 144 valence electrons. The van der Waals surface area contributed by atoms with Crippen molar-refractivity contribution in [2.45, 2.75) is 25.3 Å². The van der Waals surface area contributed by atoms with Gasteiger partial charge in [0.15, 0.2) is 0 Å². The van der Waals surface area contributed by atoms with Crippen molar-refractivity contribution in [3.8, 4) is 0 Å². The summed E-state index contributed by atoms with van der Waals surface area (Å²) in [5, 5.41) is 4.20. The van der Waals surface area contributed by atoms with E-state index >= 15 is 0 Å². The van der Waals surface area contributed by atoms with Crippen molar-refractivity contribution in [1.29, 1.82) is 0 Å². The van der Waals surface area contributed by atoms with Gasteiger partial charge in [0, 0.05) is 36.0 Å². The number of hydrogen-bond donors (Lipinski definition) is 2. The summed E-state index contributed by atoms with van der Waals surface area (Å²) in [6, 6.07) is 14.2. The minimum atomic E-state index is -0.0754. The van der Waals surface area contributed by atoms with Gasteiger partial charge in [0.25, 0.3) is 0 Å². The third-order valence-electron chi connectivity index (χ3n) is 5.35. The van der Waals surface area contributed by atoms with Crippen LogP contribution in [0.25, 0.3) is 17.1 Å². The predicted molar refractivity (Wildman–Crippen MR) is 113 cm³/mol. The van der Waals surface area contributed by atoms with E-state index in [1.54, 1.807) is 12.3 Å². The van der Waals surface area contributed by atoms with Crippen LogP contribution in [0.1, 0.15) is 36.4 Å². The summed E-state index contributed by atoms with van der Waals surface area (Å²) in [5.74, 6) is -0.0754. The van der Waals surface area contributed by atoms with E-state index in [9.17, 15) is 4.79 Å². The molecular weight excluding hydrogens is 348 g/mol. The lowest BCUT2D eigenvalue weighted by Crippen LogP contribution is -2.31. The molecule has 5 heteroatoms. The molecule has 4 rings (SSSR count). The molecule has 1 saturated heterocycles. The van der Waals surface area contributed by atoms with Gasteiger partial charge < -0.3 is 15.2 Å². The van der Waals surface area contributed by atoms with Gasteiger partial charge in [-0.1, -0.05) is 30.3 Å². The van der Waals surface area contributed by atoms with E-state index in [1.165, 1.54) is 25.9 Å². The third-order valence-corrected chi connectivity index (χ3v) is 5.35. The Morgan fingerprint density at radius 1 is 1.18 bits per heavy atom. The van der Waals surface area contributed by atoms with Gasteiger partial charge in [0.05, 0.1) is 6.04 Å². The zero-order valence-electron chi connectivity index (χ0n) is 16.0. The molecule has 1 amide bonds. The highest BCUT2D eigenvalue weighted by molar-refractivity contribution is 5.95. The summed E-state index contributed by atoms with van der Waals surface area (Å²) in [4.78, 5) is 22.5. The average molecular weight is 374 g/mol. The Hall–Kier alpha value is -2.92. The summed E-state index contributed by atoms with van der Waals surface area (Å²) in [7, 11) is 0. The second-order valence-corrected chi connectivity index (χ2v) is 7.29. The number of benzene rings is 1. The van der Waals surface area contributed by atoms with Crippen molar-refractivity contribution in [2.24, 2.45) is 0 Å². The van der Waals surface area contributed by atoms with E-state index in [0.29, 0.717) is 0 Å². The Balaban J connectivity index is 1.43. The van der Waals surface area contributed by atoms with Crippen molar-refractivity contribution >= 4 is 23.0 Å². The number of fused-ring (bicyclic) bond motifs is 1. The number of aromatic amines is 1. The number of likely N-dealkylation sites (tertiary alicyclic amines) is 1. The Bertz CT molecular complexity index is 941. The number of H-pyrrole nitrogens is 1. The molecule has 0 aliphatic carbocycles. The summed E-state index contributed by atoms with van der Waals surface area (Å²) < 4.78 is 0. The Labute approximate surface area is 165 Å². The summed E-state index contributed by atoms with van der Waals surface area (Å²) in [6.07, 6.45) is 10.6. The SMILES string of the molecule is O=C(/C=C/c1c[nH]c2ncccc12)NC(CCN1CCCC1)c1ccccc1. The first kappa shape index (κ1) is 18.4. The van der Waals surface area contributed by atoms with Crippen molar-refractivity contribution in [3.05, 3.63) is 72.1 Å². The van der Waals surface area contributed by atoms with E-state index in [1.807, 2.05) is 42.6 Å². The maximum absolute atomic E-state index is 12.6. The molecule has 1 unspecified atom stereocenters. The number of carbonyl (C=O) groups is 1. The van der Waals surface area contributed by atoms with Crippen LogP contribution in [-0.2, 0) is 4.79 Å². The van der Waals surface area contributed by atoms with Crippen LogP contribution in [0, 0.1) is 0 Å². The van der Waals surface area contributed by atoms with Crippen molar-refractivity contribution in [3.63, 3.8) is 0 Å². The van der Waals surface area contributed by atoms with Crippen LogP contribution in [-0.4, -0.2) is 40.4 Å². The van der Waals surface area contributed by atoms with Crippen molar-refractivity contribution < 1.29 is 4.79 Å². The number of rotatable bonds is 7. The molecule has 3 aromatic rings. The standard InChI is InChI=1S/C23H26N4O/c28-22(11-10-19-17-25-23-20(19)9-6-13-24-23)26-21(18-7-2-1-3-8-18)12-16-27-14-4-5-15-27/h1-3,6-11,13,17,21H,4-5,12,14-16H2,(H,24,25)(H,26,28)/b11-10+. The number of amides is 1. The van der Waals surface area contributed by atoms with E-state index in [2.05, 4.69) is 32.3 Å². The van der Waals surface area contributed by atoms with Gasteiger partial charge in [-0.25, -0.2) is 4.98 Å². The third kappa shape index (κ3) is 4.49. The zero-order chi connectivity index (χ0) is 19.2. The van der Waals surface area contributed by atoms with E-state index in [-0.39, 0.29) is 11.9 Å². The molecule has 28 heavy (non-hydrogen) atoms. The van der Waals surface area contributed by atoms with Crippen LogP contribution in [0.3, 0.4) is 0 Å². The van der Waals surface area contributed by atoms with Crippen LogP contribution >= 0.6 is 0 Å². The molecule has 1 aromatic carbocycles. The quantitative estimate of drug-likeness (QED) is 0.616. The van der Waals surface area contributed by atoms with Gasteiger partial charge in [0.2, 0.25) is 5.91 Å². The van der Waals surface area contributed by atoms with Gasteiger partial charge in [-0.3, -0.25) is 4.79 Å². The molecule has 2 aromatic heterocycles. The fourth-order valence-corrected chi connectivity index (χ4v) is 3.83. The second kappa shape index (κ2) is 8.85. The lowest BCUT2D eigenvalue weighted by Gasteiger charge is -2.22. The topological polar surface area (TPSA) is 61.0 Å². The molecule has 1 aliphatic heterocycles. The van der Waals surface area contributed by atoms with Crippen LogP contribution in [0.4, 0.5) is 0 Å². The predicted octanol–water partition coefficient (Wildman–Crippen LogP) is 3.92. The van der Waals surface area contributed by atoms with Gasteiger partial charge in [-0.05, 0) is 56.1 Å². The molecule has 0 spiro atoms. The summed E-state index contributed by atoms with van der Waals surface area (Å²) >= 11 is 0. The molecular formula is C23H26N4O. The largest absolute Gasteiger partial charge is 0.346 e. The van der Waals surface area contributed by atoms with Crippen LogP contribution in [0.2, 0.25) is 0 Å². The lowest BCUT2D eigenvalue weighted by molar-refractivity contribution is -0.117. The smallest absolute Gasteiger partial charge is 0.244 e. The molecule has 0 radical (unpaired) electrons. The normalized spacial score (nSPS) is 16.0. The molecule has 5 nitrogen and oxygen atoms in total. The second-order valence-electron chi connectivity index (χ2n) is 7.29. The minimum Gasteiger partial charge on any atom is -0.346 e. The number of nitrogens with zero attached hydrogens (tertiary/aromatic N) is 2. The molecule has 1 fully saturated rings. The first-order valence-corrected chi connectivity index (χ1v) is 9.97. The van der Waals surface area contributed by atoms with Crippen LogP contribution in [0.15, 0.2) is 60.9 Å². The fraction of sp³-hybridized carbons (Fsp3) is 0.304. The minimum absolute atomic E-state index is 0.0172. The molecule has 0 saturated carbocycles. The highest BCUT2D eigenvalue weighted by Gasteiger charge is 2.17. The summed E-state index contributed by atoms with van der Waals surface area (Å²) in [5.41, 5.74) is 2.95. The number of nitrogens with one attached hydrogen (secondary N) is 2. The molecule has 2 N–H and O–H groups in total. The molecule has 1 aliphatic rings. The van der Waals surface area contributed by atoms with E-state index in [0.717, 1.165) is 35.1 Å². The fourth-order valence-electron chi connectivity index (χ4n) is 3.83. The van der Waals surface area contributed by atoms with E-state index in [4.69, 9.17) is 0 Å². The first-order valence-electron chi connectivity index (χ1n) is 9.97. The highest BCUT2D eigenvalue weighted by Crippen LogP contribution is 2.20. The maximum Gasteiger partial charge on any atom is 0.244 e. The number of aromatic nitrogens is 2. The van der Waals surface area contributed by atoms with Gasteiger partial charge in [0.1, 0.15) is 5.65 Å². The van der Waals surface area contributed by atoms with Gasteiger partial charge in [-0.2, -0.15) is 0 Å². The Morgan fingerprint density at radius 2 is 2.00 bits per heavy atom. The zero-order valence-corrected chi connectivity index (χ0v) is 16.0. The first-order chi connectivity index (χ1) is 13.8. The monoisotopic (exact) mass is 374 g/mol. The Morgan fingerprint density at radius 3 is 2.82 bits per heavy atom. The maximum atomic E-state index is 12.6. The molecule has 0 bridgehead atoms. The molecule has 3 heterocycles. The van der Waals surface area contributed by atoms with E-state index < -0.39 is 0 Å². The Kier molecular flexibility index (Phi) is 5.83.